The second-order valence-corrected chi connectivity index (χ2v) is 35.9. The molecule has 0 aliphatic carbocycles. The molecule has 16 N–H and O–H groups in total. The molecule has 0 aromatic heterocycles. The van der Waals surface area contributed by atoms with E-state index in [4.69, 9.17) is 69.3 Å². The zero-order chi connectivity index (χ0) is 88.0. The van der Waals surface area contributed by atoms with Crippen LogP contribution in [0.15, 0.2) is 309 Å². The number of phenolic OH excluding ortho intramolecular Hbond substituents is 2. The van der Waals surface area contributed by atoms with Crippen molar-refractivity contribution in [1.29, 1.82) is 0 Å². The van der Waals surface area contributed by atoms with Crippen LogP contribution in [0.3, 0.4) is 0 Å². The van der Waals surface area contributed by atoms with Gasteiger partial charge in [-0.3, -0.25) is 27.3 Å². The van der Waals surface area contributed by atoms with E-state index in [9.17, 15) is 88.0 Å². The summed E-state index contributed by atoms with van der Waals surface area (Å²) in [5, 5.41) is 72.1. The zero-order valence-corrected chi connectivity index (χ0v) is 68.8. The highest BCUT2D eigenvalue weighted by molar-refractivity contribution is 7.87. The molecule has 0 aliphatic rings. The predicted octanol–water partition coefficient (Wildman–Crippen LogP) is 21.6. The van der Waals surface area contributed by atoms with Gasteiger partial charge >= 0.3 is 0 Å². The first-order valence-electron chi connectivity index (χ1n) is 33.9. The van der Waals surface area contributed by atoms with E-state index in [0.29, 0.717) is 55.5 Å². The second-order valence-electron chi connectivity index (χ2n) is 25.8. The van der Waals surface area contributed by atoms with Crippen molar-refractivity contribution in [2.45, 2.75) is 29.4 Å². The summed E-state index contributed by atoms with van der Waals surface area (Å²) >= 11 is 24.3. The van der Waals surface area contributed by atoms with E-state index in [1.165, 1.54) is 97.1 Å². The summed E-state index contributed by atoms with van der Waals surface area (Å²) in [6, 6.07) is 52.3. The van der Waals surface area contributed by atoms with Crippen molar-refractivity contribution >= 4 is 241 Å². The smallest absolute Gasteiger partial charge is 0.296 e. The third-order valence-electron chi connectivity index (χ3n) is 17.9. The first-order valence-corrected chi connectivity index (χ1v) is 44.1. The lowest BCUT2D eigenvalue weighted by Crippen LogP contribution is -2.03. The minimum atomic E-state index is -5.15. The van der Waals surface area contributed by atoms with Crippen molar-refractivity contribution in [3.8, 4) is 33.8 Å². The molecular weight excluding hydrogens is 1790 g/mol. The Labute approximate surface area is 709 Å². The number of phenols is 2. The predicted molar refractivity (Wildman–Crippen MR) is 457 cm³/mol. The van der Waals surface area contributed by atoms with Gasteiger partial charge in [0.2, 0.25) is 0 Å². The number of fused-ring (bicyclic) bond motifs is 4. The van der Waals surface area contributed by atoms with Crippen molar-refractivity contribution in [2.75, 3.05) is 22.9 Å². The number of nitrogen functional groups attached to an aromatic ring is 4. The number of aromatic hydroxyl groups is 2. The van der Waals surface area contributed by atoms with Gasteiger partial charge in [-0.2, -0.15) is 71.0 Å². The van der Waals surface area contributed by atoms with E-state index in [1.54, 1.807) is 97.1 Å². The number of nitrogens with zero attached hydrogens (tertiary/aromatic N) is 12. The fourth-order valence-electron chi connectivity index (χ4n) is 12.0. The van der Waals surface area contributed by atoms with Gasteiger partial charge in [0.05, 0.1) is 76.1 Å². The molecule has 0 saturated carbocycles. The molecular formula is C76H52Cl4N16O20S6. The van der Waals surface area contributed by atoms with E-state index in [2.05, 4.69) is 61.4 Å². The van der Waals surface area contributed by atoms with E-state index in [1.807, 2.05) is 0 Å². The Kier molecular flexibility index (Phi) is 24.2. The van der Waals surface area contributed by atoms with Crippen molar-refractivity contribution in [1.82, 2.24) is 0 Å². The molecule has 0 atom stereocenters. The van der Waals surface area contributed by atoms with Crippen LogP contribution < -0.4 is 22.9 Å². The van der Waals surface area contributed by atoms with E-state index in [0.717, 1.165) is 41.0 Å². The Balaban J connectivity index is 0.000000210. The molecule has 0 spiro atoms. The van der Waals surface area contributed by atoms with Gasteiger partial charge in [-0.1, -0.05) is 107 Å². The topological polar surface area (TPSA) is 619 Å². The highest BCUT2D eigenvalue weighted by atomic mass is 35.5. The van der Waals surface area contributed by atoms with E-state index < -0.39 is 126 Å². The number of benzene rings is 14. The van der Waals surface area contributed by atoms with Gasteiger partial charge in [0.25, 0.3) is 60.7 Å². The minimum absolute atomic E-state index is 0.00576. The van der Waals surface area contributed by atoms with Crippen LogP contribution >= 0.6 is 46.4 Å². The van der Waals surface area contributed by atoms with Gasteiger partial charge in [-0.05, 0) is 191 Å². The fraction of sp³-hybridized carbons (Fsp3) is 0. The third-order valence-corrected chi connectivity index (χ3v) is 24.2. The third kappa shape index (κ3) is 19.1. The van der Waals surface area contributed by atoms with Crippen LogP contribution in [0.2, 0.25) is 20.1 Å². The standard InChI is InChI=1S/2C38H26Cl2N8O10S3/c39-22-5-12-28(40)31(17-22)46-47-36-32(60(53,54)55)15-21-16-33(61(56,57)58)37(38(49)34(21)35(36)42)48-44-24-8-3-20(4-9-24)19-1-6-23(7-2-19)43-45-30-14-13-29(41)27-18-25(59(50,51)52)10-11-26(27)30;39-22-5-12-28(40)31(17-22)46-47-36-32(60(53,54)55)15-21-16-33(61(56,57)58)37(38(49)34(21)35(36)42)48-44-24-8-3-20(4-9-24)19-1-6-23(7-2-19)43-45-30-14-13-29(41)26-11-10-25(18-27(26)30)59(50,51)52/h2*1-18,49H,41-42H2,(H,50,51,52)(H,53,54,55)(H,56,57,58). The zero-order valence-electron chi connectivity index (χ0n) is 60.9. The minimum Gasteiger partial charge on any atom is -0.505 e. The van der Waals surface area contributed by atoms with Crippen LogP contribution in [-0.4, -0.2) is 88.0 Å². The number of halogens is 4. The van der Waals surface area contributed by atoms with E-state index in [-0.39, 0.29) is 79.9 Å². The van der Waals surface area contributed by atoms with Gasteiger partial charge in [-0.25, -0.2) is 0 Å². The van der Waals surface area contributed by atoms with Crippen LogP contribution in [-0.2, 0) is 60.7 Å². The lowest BCUT2D eigenvalue weighted by atomic mass is 10.0. The molecule has 46 heteroatoms. The maximum absolute atomic E-state index is 12.5. The first-order chi connectivity index (χ1) is 57.4. The summed E-state index contributed by atoms with van der Waals surface area (Å²) < 4.78 is 205. The molecule has 0 unspecified atom stereocenters. The van der Waals surface area contributed by atoms with Crippen LogP contribution in [0, 0.1) is 0 Å². The maximum atomic E-state index is 12.5. The van der Waals surface area contributed by atoms with Crippen molar-refractivity contribution in [3.05, 3.63) is 238 Å². The molecule has 620 valence electrons. The van der Waals surface area contributed by atoms with Gasteiger partial charge in [0.1, 0.15) is 53.7 Å². The van der Waals surface area contributed by atoms with Crippen LogP contribution in [0.4, 0.5) is 91.0 Å². The Morgan fingerprint density at radius 2 is 0.541 bits per heavy atom. The summed E-state index contributed by atoms with van der Waals surface area (Å²) in [5.74, 6) is -1.87. The lowest BCUT2D eigenvalue weighted by Gasteiger charge is -2.14. The molecule has 14 aromatic carbocycles. The van der Waals surface area contributed by atoms with Crippen LogP contribution in [0.5, 0.6) is 11.5 Å². The number of hydrogen-bond acceptors (Lipinski definition) is 30. The molecule has 0 bridgehead atoms. The normalized spacial score (nSPS) is 12.7. The Hall–Kier alpha value is -12.9. The number of nitrogens with two attached hydrogens (primary N) is 4. The van der Waals surface area contributed by atoms with Gasteiger partial charge in [0, 0.05) is 43.0 Å². The largest absolute Gasteiger partial charge is 0.505 e. The number of hydrogen-bond donors (Lipinski definition) is 12. The van der Waals surface area contributed by atoms with Gasteiger partial charge in [-0.15, -0.1) is 40.9 Å². The average molecular weight is 1840 g/mol. The Bertz CT molecular complexity index is 7690. The maximum Gasteiger partial charge on any atom is 0.296 e. The molecule has 0 heterocycles. The number of azo groups is 6. The summed E-state index contributed by atoms with van der Waals surface area (Å²) in [5.41, 5.74) is 26.2. The van der Waals surface area contributed by atoms with Crippen LogP contribution in [0.25, 0.3) is 65.3 Å². The number of anilines is 4. The summed E-state index contributed by atoms with van der Waals surface area (Å²) in [6.07, 6.45) is 0. The molecule has 14 aromatic rings. The van der Waals surface area contributed by atoms with Gasteiger partial charge < -0.3 is 33.1 Å². The average Bonchev–Trinajstić information content (AvgIpc) is 0.741. The second kappa shape index (κ2) is 34.0. The summed E-state index contributed by atoms with van der Waals surface area (Å²) in [6.45, 7) is 0. The Morgan fingerprint density at radius 3 is 0.877 bits per heavy atom. The molecule has 0 fully saturated rings. The molecule has 122 heavy (non-hydrogen) atoms. The monoisotopic (exact) mass is 1840 g/mol. The van der Waals surface area contributed by atoms with Gasteiger partial charge in [0.15, 0.2) is 11.5 Å². The molecule has 14 rings (SSSR count). The highest BCUT2D eigenvalue weighted by Crippen LogP contribution is 2.52. The first kappa shape index (κ1) is 87.0. The summed E-state index contributed by atoms with van der Waals surface area (Å²) in [7, 11) is -29.4. The van der Waals surface area contributed by atoms with Crippen molar-refractivity contribution < 1.29 is 88.0 Å². The highest BCUT2D eigenvalue weighted by Gasteiger charge is 2.31. The number of rotatable bonds is 20. The Morgan fingerprint density at radius 1 is 0.254 bits per heavy atom. The molecule has 0 saturated heterocycles. The lowest BCUT2D eigenvalue weighted by molar-refractivity contribution is 0.471. The summed E-state index contributed by atoms with van der Waals surface area (Å²) in [4.78, 5) is -4.41. The quantitative estimate of drug-likeness (QED) is 0.0191. The SMILES string of the molecule is Nc1ccc(N=Nc2ccc(-c3ccc(N=Nc4c(S(=O)(=O)O)cc5cc(S(=O)(=O)O)c(N=Nc6cc(Cl)ccc6Cl)c(N)c5c4O)cc3)cc2)c2cc(S(=O)(=O)O)ccc12.Nc1ccc(N=Nc2ccc(-c3ccc(N=Nc4c(S(=O)(=O)O)cc5cc(S(=O)(=O)O)c(N=Nc6cc(Cl)ccc6Cl)c(N)c5c4O)cc3)cc2)c2ccc(S(=O)(=O)O)cc12. The van der Waals surface area contributed by atoms with Crippen LogP contribution in [0.1, 0.15) is 0 Å². The molecule has 36 nitrogen and oxygen atoms in total. The molecule has 0 amide bonds. The molecule has 0 aliphatic heterocycles. The van der Waals surface area contributed by atoms with E-state index >= 15 is 0 Å². The molecule has 0 radical (unpaired) electrons. The van der Waals surface area contributed by atoms with Crippen molar-refractivity contribution in [2.24, 2.45) is 61.4 Å². The van der Waals surface area contributed by atoms with Crippen molar-refractivity contribution in [3.63, 3.8) is 0 Å². The fourth-order valence-corrected chi connectivity index (χ4v) is 16.3.